The summed E-state index contributed by atoms with van der Waals surface area (Å²) in [6.07, 6.45) is 0. The third-order valence-corrected chi connectivity index (χ3v) is 2.88. The van der Waals surface area contributed by atoms with E-state index in [2.05, 4.69) is 15.9 Å². The number of hydrogen-bond donors (Lipinski definition) is 2. The van der Waals surface area contributed by atoms with E-state index in [1.807, 2.05) is 0 Å². The summed E-state index contributed by atoms with van der Waals surface area (Å²) < 4.78 is 0.449. The van der Waals surface area contributed by atoms with E-state index < -0.39 is 5.97 Å². The number of aryl methyl sites for hydroxylation is 1. The van der Waals surface area contributed by atoms with Crippen LogP contribution in [-0.2, 0) is 0 Å². The summed E-state index contributed by atoms with van der Waals surface area (Å²) in [6.45, 7) is 3.30. The molecule has 0 saturated carbocycles. The minimum Gasteiger partial charge on any atom is -0.506 e. The van der Waals surface area contributed by atoms with E-state index in [4.69, 9.17) is 5.11 Å². The minimum absolute atomic E-state index is 0.0995. The number of phenols is 1. The summed E-state index contributed by atoms with van der Waals surface area (Å²) in [5, 5.41) is 18.3. The van der Waals surface area contributed by atoms with Crippen molar-refractivity contribution < 1.29 is 15.0 Å². The van der Waals surface area contributed by atoms with Crippen LogP contribution in [0.4, 0.5) is 0 Å². The highest BCUT2D eigenvalue weighted by Gasteiger charge is 2.14. The molecule has 0 aromatic heterocycles. The molecular weight excluding hydrogens is 236 g/mol. The highest BCUT2D eigenvalue weighted by atomic mass is 79.9. The average Bonchev–Trinajstić information content (AvgIpc) is 2.07. The van der Waals surface area contributed by atoms with Gasteiger partial charge in [-0.1, -0.05) is 0 Å². The molecule has 1 aromatic rings. The first-order chi connectivity index (χ1) is 5.95. The van der Waals surface area contributed by atoms with Crippen molar-refractivity contribution in [2.45, 2.75) is 13.8 Å². The second-order valence-electron chi connectivity index (χ2n) is 2.83. The average molecular weight is 245 g/mol. The molecule has 4 heteroatoms. The van der Waals surface area contributed by atoms with Crippen LogP contribution >= 0.6 is 15.9 Å². The first-order valence-electron chi connectivity index (χ1n) is 3.67. The first kappa shape index (κ1) is 10.1. The van der Waals surface area contributed by atoms with Gasteiger partial charge in [0, 0.05) is 0 Å². The molecule has 1 rings (SSSR count). The molecule has 0 spiro atoms. The van der Waals surface area contributed by atoms with Crippen molar-refractivity contribution in [3.05, 3.63) is 27.2 Å². The summed E-state index contributed by atoms with van der Waals surface area (Å²) in [4.78, 5) is 10.7. The summed E-state index contributed by atoms with van der Waals surface area (Å²) in [7, 11) is 0. The SMILES string of the molecule is Cc1cc(C(=O)O)c(C)c(Br)c1O. The van der Waals surface area contributed by atoms with Gasteiger partial charge in [0.1, 0.15) is 5.75 Å². The topological polar surface area (TPSA) is 57.5 Å². The Hall–Kier alpha value is -1.03. The third kappa shape index (κ3) is 1.67. The van der Waals surface area contributed by atoms with Crippen LogP contribution in [-0.4, -0.2) is 16.2 Å². The van der Waals surface area contributed by atoms with E-state index >= 15 is 0 Å². The lowest BCUT2D eigenvalue weighted by Gasteiger charge is -2.08. The monoisotopic (exact) mass is 244 g/mol. The van der Waals surface area contributed by atoms with Gasteiger partial charge in [-0.25, -0.2) is 4.79 Å². The van der Waals surface area contributed by atoms with E-state index in [1.54, 1.807) is 13.8 Å². The van der Waals surface area contributed by atoms with E-state index in [9.17, 15) is 9.90 Å². The molecular formula is C9H9BrO3. The number of carboxylic acids is 1. The highest BCUT2D eigenvalue weighted by molar-refractivity contribution is 9.10. The van der Waals surface area contributed by atoms with Gasteiger partial charge in [-0.2, -0.15) is 0 Å². The van der Waals surface area contributed by atoms with Crippen LogP contribution in [0.2, 0.25) is 0 Å². The number of carbonyl (C=O) groups is 1. The molecule has 1 aromatic carbocycles. The van der Waals surface area contributed by atoms with E-state index in [0.29, 0.717) is 15.6 Å². The van der Waals surface area contributed by atoms with Crippen molar-refractivity contribution in [1.29, 1.82) is 0 Å². The smallest absolute Gasteiger partial charge is 0.336 e. The molecule has 0 unspecified atom stereocenters. The van der Waals surface area contributed by atoms with Gasteiger partial charge in [0.05, 0.1) is 10.0 Å². The quantitative estimate of drug-likeness (QED) is 0.798. The molecule has 0 aliphatic rings. The molecule has 0 aliphatic heterocycles. The van der Waals surface area contributed by atoms with Gasteiger partial charge in [0.2, 0.25) is 0 Å². The Balaban J connectivity index is 3.50. The number of halogens is 1. The summed E-state index contributed by atoms with van der Waals surface area (Å²) in [5.74, 6) is -0.885. The molecule has 13 heavy (non-hydrogen) atoms. The van der Waals surface area contributed by atoms with Gasteiger partial charge in [-0.05, 0) is 47.0 Å². The van der Waals surface area contributed by atoms with Gasteiger partial charge in [0.15, 0.2) is 0 Å². The Kier molecular flexibility index (Phi) is 2.61. The number of hydrogen-bond acceptors (Lipinski definition) is 2. The summed E-state index contributed by atoms with van der Waals surface area (Å²) >= 11 is 3.14. The molecule has 0 atom stereocenters. The fourth-order valence-electron chi connectivity index (χ4n) is 1.08. The van der Waals surface area contributed by atoms with Crippen LogP contribution in [0.1, 0.15) is 21.5 Å². The Bertz CT molecular complexity index is 372. The van der Waals surface area contributed by atoms with Gasteiger partial charge < -0.3 is 10.2 Å². The Morgan fingerprint density at radius 1 is 1.46 bits per heavy atom. The molecule has 70 valence electrons. The summed E-state index contributed by atoms with van der Waals surface area (Å²) in [5.41, 5.74) is 1.30. The number of carboxylic acid groups (broad SMARTS) is 1. The van der Waals surface area contributed by atoms with Crippen molar-refractivity contribution >= 4 is 21.9 Å². The van der Waals surface area contributed by atoms with E-state index in [0.717, 1.165) is 0 Å². The van der Waals surface area contributed by atoms with Crippen LogP contribution in [0, 0.1) is 13.8 Å². The van der Waals surface area contributed by atoms with Crippen molar-refractivity contribution in [2.75, 3.05) is 0 Å². The fraction of sp³-hybridized carbons (Fsp3) is 0.222. The molecule has 0 amide bonds. The predicted molar refractivity (Wildman–Crippen MR) is 52.2 cm³/mol. The second kappa shape index (κ2) is 3.38. The Morgan fingerprint density at radius 3 is 2.46 bits per heavy atom. The van der Waals surface area contributed by atoms with Gasteiger partial charge >= 0.3 is 5.97 Å². The van der Waals surface area contributed by atoms with Crippen molar-refractivity contribution in [3.63, 3.8) is 0 Å². The Morgan fingerprint density at radius 2 is 2.00 bits per heavy atom. The van der Waals surface area contributed by atoms with Crippen molar-refractivity contribution in [3.8, 4) is 5.75 Å². The lowest BCUT2D eigenvalue weighted by atomic mass is 10.0. The number of rotatable bonds is 1. The minimum atomic E-state index is -0.985. The van der Waals surface area contributed by atoms with Crippen molar-refractivity contribution in [2.24, 2.45) is 0 Å². The number of benzene rings is 1. The molecule has 0 bridgehead atoms. The van der Waals surface area contributed by atoms with Crippen molar-refractivity contribution in [1.82, 2.24) is 0 Å². The fourth-order valence-corrected chi connectivity index (χ4v) is 1.61. The second-order valence-corrected chi connectivity index (χ2v) is 3.63. The highest BCUT2D eigenvalue weighted by Crippen LogP contribution is 2.32. The lowest BCUT2D eigenvalue weighted by Crippen LogP contribution is -2.01. The van der Waals surface area contributed by atoms with Crippen LogP contribution < -0.4 is 0 Å². The first-order valence-corrected chi connectivity index (χ1v) is 4.46. The largest absolute Gasteiger partial charge is 0.506 e. The van der Waals surface area contributed by atoms with Gasteiger partial charge in [-0.15, -0.1) is 0 Å². The van der Waals surface area contributed by atoms with Crippen LogP contribution in [0.5, 0.6) is 5.75 Å². The molecule has 0 fully saturated rings. The third-order valence-electron chi connectivity index (χ3n) is 1.91. The molecule has 0 aliphatic carbocycles. The maximum atomic E-state index is 10.7. The standard InChI is InChI=1S/C9H9BrO3/c1-4-3-6(9(12)13)5(2)7(10)8(4)11/h3,11H,1-2H3,(H,12,13). The normalized spacial score (nSPS) is 10.1. The summed E-state index contributed by atoms with van der Waals surface area (Å²) in [6, 6.07) is 1.46. The number of aromatic carboxylic acids is 1. The van der Waals surface area contributed by atoms with Crippen LogP contribution in [0.15, 0.2) is 10.5 Å². The van der Waals surface area contributed by atoms with Crippen LogP contribution in [0.25, 0.3) is 0 Å². The zero-order valence-corrected chi connectivity index (χ0v) is 8.84. The molecule has 2 N–H and O–H groups in total. The zero-order valence-electron chi connectivity index (χ0n) is 7.26. The molecule has 0 radical (unpaired) electrons. The molecule has 3 nitrogen and oxygen atoms in total. The lowest BCUT2D eigenvalue weighted by molar-refractivity contribution is 0.0696. The predicted octanol–water partition coefficient (Wildman–Crippen LogP) is 2.47. The van der Waals surface area contributed by atoms with Gasteiger partial charge in [0.25, 0.3) is 0 Å². The Labute approximate surface area is 84.1 Å². The number of phenolic OH excluding ortho intramolecular Hbond substituents is 1. The van der Waals surface area contributed by atoms with E-state index in [1.165, 1.54) is 6.07 Å². The van der Waals surface area contributed by atoms with E-state index in [-0.39, 0.29) is 11.3 Å². The maximum Gasteiger partial charge on any atom is 0.336 e. The zero-order chi connectivity index (χ0) is 10.2. The van der Waals surface area contributed by atoms with Gasteiger partial charge in [-0.3, -0.25) is 0 Å². The number of aromatic hydroxyl groups is 1. The van der Waals surface area contributed by atoms with Crippen LogP contribution in [0.3, 0.4) is 0 Å². The maximum absolute atomic E-state index is 10.7. The molecule has 0 heterocycles. The molecule has 0 saturated heterocycles.